The second-order valence-corrected chi connectivity index (χ2v) is 14.1. The highest BCUT2D eigenvalue weighted by atomic mass is 16.3. The number of hydrogen-bond donors (Lipinski definition) is 0. The lowest BCUT2D eigenvalue weighted by Crippen LogP contribution is -2.10. The summed E-state index contributed by atoms with van der Waals surface area (Å²) >= 11 is 0. The van der Waals surface area contributed by atoms with Gasteiger partial charge < -0.3 is 13.7 Å². The summed E-state index contributed by atoms with van der Waals surface area (Å²) in [6.07, 6.45) is 0. The minimum atomic E-state index is 0.891. The molecule has 0 saturated heterocycles. The van der Waals surface area contributed by atoms with Gasteiger partial charge in [-0.25, -0.2) is 0 Å². The molecule has 258 valence electrons. The molecule has 0 fully saturated rings. The van der Waals surface area contributed by atoms with Crippen LogP contribution in [0.4, 0.5) is 17.1 Å². The predicted octanol–water partition coefficient (Wildman–Crippen LogP) is 15.1. The molecule has 2 aromatic heterocycles. The van der Waals surface area contributed by atoms with Gasteiger partial charge >= 0.3 is 0 Å². The summed E-state index contributed by atoms with van der Waals surface area (Å²) in [6, 6.07) is 71.0. The summed E-state index contributed by atoms with van der Waals surface area (Å²) in [7, 11) is 0. The second kappa shape index (κ2) is 12.6. The molecule has 0 unspecified atom stereocenters. The Morgan fingerprint density at radius 2 is 0.873 bits per heavy atom. The molecule has 0 aliphatic rings. The minimum Gasteiger partial charge on any atom is -0.456 e. The summed E-state index contributed by atoms with van der Waals surface area (Å²) < 4.78 is 12.6. The van der Waals surface area contributed by atoms with Crippen LogP contribution in [-0.4, -0.2) is 0 Å². The predicted molar refractivity (Wildman–Crippen MR) is 229 cm³/mol. The van der Waals surface area contributed by atoms with Gasteiger partial charge in [0.25, 0.3) is 0 Å². The van der Waals surface area contributed by atoms with Gasteiger partial charge in [0, 0.05) is 38.6 Å². The van der Waals surface area contributed by atoms with E-state index in [9.17, 15) is 0 Å². The van der Waals surface area contributed by atoms with E-state index in [1.165, 1.54) is 27.5 Å². The molecule has 55 heavy (non-hydrogen) atoms. The highest BCUT2D eigenvalue weighted by Crippen LogP contribution is 2.42. The largest absolute Gasteiger partial charge is 0.456 e. The zero-order valence-corrected chi connectivity index (χ0v) is 29.8. The number of nitrogens with zero attached hydrogens (tertiary/aromatic N) is 1. The third-order valence-corrected chi connectivity index (χ3v) is 10.9. The standard InChI is InChI=1S/C52H33NO2/c1-2-11-34(12-3-1)35-23-27-39(28-24-35)53(41-15-8-13-37(31-41)43-19-10-22-50-52(43)45-17-5-7-21-49(45)54-50)40-29-25-36(26-30-40)42-18-9-14-38-32-47-44-16-4-6-20-48(44)55-51(47)33-46(38)42/h1-33H. The number of fused-ring (bicyclic) bond motifs is 7. The molecule has 9 aromatic carbocycles. The van der Waals surface area contributed by atoms with Gasteiger partial charge in [-0.2, -0.15) is 0 Å². The second-order valence-electron chi connectivity index (χ2n) is 14.1. The number of benzene rings is 9. The maximum Gasteiger partial charge on any atom is 0.136 e. The molecule has 0 bridgehead atoms. The Kier molecular flexibility index (Phi) is 7.17. The molecule has 0 saturated carbocycles. The first kappa shape index (κ1) is 31.2. The fraction of sp³-hybridized carbons (Fsp3) is 0. The van der Waals surface area contributed by atoms with Crippen LogP contribution in [0.3, 0.4) is 0 Å². The minimum absolute atomic E-state index is 0.891. The van der Waals surface area contributed by atoms with E-state index >= 15 is 0 Å². The zero-order chi connectivity index (χ0) is 36.3. The quantitative estimate of drug-likeness (QED) is 0.173. The first-order chi connectivity index (χ1) is 27.2. The van der Waals surface area contributed by atoms with Gasteiger partial charge in [0.05, 0.1) is 0 Å². The maximum absolute atomic E-state index is 6.31. The molecular formula is C52H33NO2. The van der Waals surface area contributed by atoms with Gasteiger partial charge in [-0.1, -0.05) is 133 Å². The average Bonchev–Trinajstić information content (AvgIpc) is 3.82. The van der Waals surface area contributed by atoms with Crippen LogP contribution in [0.2, 0.25) is 0 Å². The monoisotopic (exact) mass is 703 g/mol. The number of furan rings is 2. The van der Waals surface area contributed by atoms with E-state index in [1.807, 2.05) is 24.3 Å². The number of rotatable bonds is 6. The third-order valence-electron chi connectivity index (χ3n) is 10.9. The smallest absolute Gasteiger partial charge is 0.136 e. The summed E-state index contributed by atoms with van der Waals surface area (Å²) in [5, 5.41) is 6.90. The molecule has 0 aliphatic carbocycles. The van der Waals surface area contributed by atoms with Crippen molar-refractivity contribution in [2.75, 3.05) is 4.90 Å². The molecular weight excluding hydrogens is 671 g/mol. The van der Waals surface area contributed by atoms with Gasteiger partial charge in [0.2, 0.25) is 0 Å². The van der Waals surface area contributed by atoms with Crippen molar-refractivity contribution in [1.82, 2.24) is 0 Å². The van der Waals surface area contributed by atoms with Gasteiger partial charge in [-0.15, -0.1) is 0 Å². The van der Waals surface area contributed by atoms with E-state index in [1.54, 1.807) is 0 Å². The molecule has 11 rings (SSSR count). The van der Waals surface area contributed by atoms with Crippen LogP contribution in [0, 0.1) is 0 Å². The van der Waals surface area contributed by atoms with Gasteiger partial charge in [-0.05, 0) is 111 Å². The molecule has 3 nitrogen and oxygen atoms in total. The van der Waals surface area contributed by atoms with Crippen molar-refractivity contribution in [1.29, 1.82) is 0 Å². The topological polar surface area (TPSA) is 29.5 Å². The Labute approximate surface area is 317 Å². The van der Waals surface area contributed by atoms with E-state index in [0.717, 1.165) is 77.6 Å². The van der Waals surface area contributed by atoms with Crippen LogP contribution < -0.4 is 4.90 Å². The highest BCUT2D eigenvalue weighted by molar-refractivity contribution is 6.13. The third kappa shape index (κ3) is 5.28. The summed E-state index contributed by atoms with van der Waals surface area (Å²) in [4.78, 5) is 2.34. The Hall–Kier alpha value is -7.36. The molecule has 2 heterocycles. The summed E-state index contributed by atoms with van der Waals surface area (Å²) in [5.74, 6) is 0. The van der Waals surface area contributed by atoms with E-state index in [0.29, 0.717) is 0 Å². The van der Waals surface area contributed by atoms with Gasteiger partial charge in [0.1, 0.15) is 22.3 Å². The lowest BCUT2D eigenvalue weighted by atomic mass is 9.96. The average molecular weight is 704 g/mol. The molecule has 0 aliphatic heterocycles. The molecule has 0 N–H and O–H groups in total. The maximum atomic E-state index is 6.31. The summed E-state index contributed by atoms with van der Waals surface area (Å²) in [5.41, 5.74) is 13.8. The first-order valence-electron chi connectivity index (χ1n) is 18.7. The highest BCUT2D eigenvalue weighted by Gasteiger charge is 2.18. The van der Waals surface area contributed by atoms with E-state index in [2.05, 4.69) is 181 Å². The van der Waals surface area contributed by atoms with Crippen molar-refractivity contribution < 1.29 is 8.83 Å². The van der Waals surface area contributed by atoms with Crippen LogP contribution in [0.5, 0.6) is 0 Å². The van der Waals surface area contributed by atoms with Crippen LogP contribution in [0.1, 0.15) is 0 Å². The fourth-order valence-electron chi connectivity index (χ4n) is 8.25. The lowest BCUT2D eigenvalue weighted by Gasteiger charge is -2.26. The van der Waals surface area contributed by atoms with E-state index < -0.39 is 0 Å². The fourth-order valence-corrected chi connectivity index (χ4v) is 8.25. The normalized spacial score (nSPS) is 11.6. The van der Waals surface area contributed by atoms with Crippen molar-refractivity contribution >= 4 is 71.7 Å². The van der Waals surface area contributed by atoms with Crippen molar-refractivity contribution in [2.45, 2.75) is 0 Å². The number of anilines is 3. The van der Waals surface area contributed by atoms with Crippen molar-refractivity contribution in [3.05, 3.63) is 200 Å². The van der Waals surface area contributed by atoms with Crippen LogP contribution in [0.25, 0.3) is 88.0 Å². The SMILES string of the molecule is c1ccc(-c2ccc(N(c3ccc(-c4cccc5cc6c(cc45)oc4ccccc46)cc3)c3cccc(-c4cccc5oc6ccccc6c45)c3)cc2)cc1. The molecule has 11 aromatic rings. The molecule has 0 radical (unpaired) electrons. The summed E-state index contributed by atoms with van der Waals surface area (Å²) in [6.45, 7) is 0. The van der Waals surface area contributed by atoms with Crippen LogP contribution >= 0.6 is 0 Å². The van der Waals surface area contributed by atoms with Crippen molar-refractivity contribution in [2.24, 2.45) is 0 Å². The first-order valence-corrected chi connectivity index (χ1v) is 18.7. The Morgan fingerprint density at radius 3 is 1.67 bits per heavy atom. The van der Waals surface area contributed by atoms with Crippen molar-refractivity contribution in [3.63, 3.8) is 0 Å². The number of hydrogen-bond acceptors (Lipinski definition) is 3. The van der Waals surface area contributed by atoms with E-state index in [4.69, 9.17) is 8.83 Å². The molecule has 0 atom stereocenters. The van der Waals surface area contributed by atoms with E-state index in [-0.39, 0.29) is 0 Å². The zero-order valence-electron chi connectivity index (χ0n) is 29.8. The van der Waals surface area contributed by atoms with Crippen LogP contribution in [0.15, 0.2) is 209 Å². The van der Waals surface area contributed by atoms with Crippen LogP contribution in [-0.2, 0) is 0 Å². The lowest BCUT2D eigenvalue weighted by molar-refractivity contribution is 0.669. The molecule has 3 heteroatoms. The van der Waals surface area contributed by atoms with Gasteiger partial charge in [-0.3, -0.25) is 0 Å². The Morgan fingerprint density at radius 1 is 0.291 bits per heavy atom. The number of para-hydroxylation sites is 2. The molecule has 0 amide bonds. The van der Waals surface area contributed by atoms with Gasteiger partial charge in [0.15, 0.2) is 0 Å². The Balaban J connectivity index is 1.03. The van der Waals surface area contributed by atoms with Crippen molar-refractivity contribution in [3.8, 4) is 33.4 Å². The Bertz CT molecular complexity index is 3190. The molecule has 0 spiro atoms.